The molecule has 1 aromatic carbocycles. The van der Waals surface area contributed by atoms with Gasteiger partial charge in [0, 0.05) is 32.0 Å². The smallest absolute Gasteiger partial charge is 0.328 e. The highest BCUT2D eigenvalue weighted by atomic mass is 16.5. The van der Waals surface area contributed by atoms with E-state index in [0.717, 1.165) is 12.5 Å². The lowest BCUT2D eigenvalue weighted by Crippen LogP contribution is -2.30. The molecule has 0 unspecified atom stereocenters. The van der Waals surface area contributed by atoms with E-state index in [1.54, 1.807) is 31.4 Å². The van der Waals surface area contributed by atoms with E-state index in [0.29, 0.717) is 24.4 Å². The first kappa shape index (κ1) is 15.7. The van der Waals surface area contributed by atoms with E-state index in [4.69, 9.17) is 9.84 Å². The lowest BCUT2D eigenvalue weighted by molar-refractivity contribution is -0.131. The number of carboxylic acids is 1. The molecule has 0 aliphatic rings. The van der Waals surface area contributed by atoms with Gasteiger partial charge in [-0.3, -0.25) is 0 Å². The Labute approximate surface area is 117 Å². The van der Waals surface area contributed by atoms with Gasteiger partial charge in [-0.1, -0.05) is 12.1 Å². The fourth-order valence-electron chi connectivity index (χ4n) is 1.48. The number of rotatable bonds is 7. The molecule has 0 saturated carbocycles. The van der Waals surface area contributed by atoms with Crippen molar-refractivity contribution in [2.45, 2.75) is 6.42 Å². The molecule has 0 atom stereocenters. The van der Waals surface area contributed by atoms with Gasteiger partial charge in [0.05, 0.1) is 0 Å². The summed E-state index contributed by atoms with van der Waals surface area (Å²) >= 11 is 0. The van der Waals surface area contributed by atoms with Crippen LogP contribution in [-0.2, 0) is 9.53 Å². The van der Waals surface area contributed by atoms with Crippen molar-refractivity contribution in [3.63, 3.8) is 0 Å². The van der Waals surface area contributed by atoms with Gasteiger partial charge >= 0.3 is 12.0 Å². The van der Waals surface area contributed by atoms with Gasteiger partial charge in [0.15, 0.2) is 0 Å². The van der Waals surface area contributed by atoms with Crippen LogP contribution in [0.5, 0.6) is 0 Å². The molecule has 1 aromatic rings. The maximum absolute atomic E-state index is 11.6. The molecule has 0 saturated heterocycles. The Bertz CT molecular complexity index is 486. The Morgan fingerprint density at radius 3 is 2.90 bits per heavy atom. The van der Waals surface area contributed by atoms with Crippen LogP contribution in [0.1, 0.15) is 12.0 Å². The molecule has 0 aliphatic carbocycles. The van der Waals surface area contributed by atoms with E-state index < -0.39 is 5.97 Å². The molecule has 1 rings (SSSR count). The Morgan fingerprint density at radius 1 is 1.40 bits per heavy atom. The fourth-order valence-corrected chi connectivity index (χ4v) is 1.48. The summed E-state index contributed by atoms with van der Waals surface area (Å²) in [5, 5.41) is 13.9. The molecule has 20 heavy (non-hydrogen) atoms. The van der Waals surface area contributed by atoms with Gasteiger partial charge in [-0.15, -0.1) is 0 Å². The number of aliphatic carboxylic acids is 1. The molecule has 0 aliphatic heterocycles. The zero-order valence-corrected chi connectivity index (χ0v) is 11.3. The molecule has 0 fully saturated rings. The van der Waals surface area contributed by atoms with E-state index in [-0.39, 0.29) is 6.03 Å². The summed E-state index contributed by atoms with van der Waals surface area (Å²) in [6.45, 7) is 1.12. The lowest BCUT2D eigenvalue weighted by Gasteiger charge is -2.07. The number of carbonyl (C=O) groups is 2. The topological polar surface area (TPSA) is 87.7 Å². The fraction of sp³-hybridized carbons (Fsp3) is 0.286. The zero-order chi connectivity index (χ0) is 14.8. The summed E-state index contributed by atoms with van der Waals surface area (Å²) in [6.07, 6.45) is 3.25. The monoisotopic (exact) mass is 278 g/mol. The molecule has 2 amide bonds. The van der Waals surface area contributed by atoms with Crippen LogP contribution in [0.3, 0.4) is 0 Å². The first-order valence-electron chi connectivity index (χ1n) is 6.16. The Hall–Kier alpha value is -2.34. The van der Waals surface area contributed by atoms with Gasteiger partial charge in [0.25, 0.3) is 0 Å². The zero-order valence-electron chi connectivity index (χ0n) is 11.3. The van der Waals surface area contributed by atoms with Crippen LogP contribution in [0, 0.1) is 0 Å². The Balaban J connectivity index is 2.49. The molecule has 0 aromatic heterocycles. The average molecular weight is 278 g/mol. The highest BCUT2D eigenvalue weighted by Gasteiger charge is 2.01. The second-order valence-corrected chi connectivity index (χ2v) is 4.02. The molecule has 0 heterocycles. The van der Waals surface area contributed by atoms with E-state index in [2.05, 4.69) is 10.6 Å². The van der Waals surface area contributed by atoms with Crippen LogP contribution in [0.4, 0.5) is 10.5 Å². The van der Waals surface area contributed by atoms with Gasteiger partial charge < -0.3 is 20.5 Å². The van der Waals surface area contributed by atoms with Crippen molar-refractivity contribution in [3.05, 3.63) is 35.9 Å². The molecule has 108 valence electrons. The minimum atomic E-state index is -1.01. The van der Waals surface area contributed by atoms with Crippen LogP contribution < -0.4 is 10.6 Å². The molecule has 0 spiro atoms. The maximum atomic E-state index is 11.6. The first-order valence-corrected chi connectivity index (χ1v) is 6.16. The number of urea groups is 1. The predicted molar refractivity (Wildman–Crippen MR) is 76.6 cm³/mol. The number of nitrogens with one attached hydrogen (secondary N) is 2. The number of carbonyl (C=O) groups excluding carboxylic acids is 1. The van der Waals surface area contributed by atoms with Crippen molar-refractivity contribution in [2.75, 3.05) is 25.6 Å². The average Bonchev–Trinajstić information content (AvgIpc) is 2.42. The van der Waals surface area contributed by atoms with Gasteiger partial charge in [0.2, 0.25) is 0 Å². The molecule has 6 heteroatoms. The largest absolute Gasteiger partial charge is 0.478 e. The molecule has 0 radical (unpaired) electrons. The van der Waals surface area contributed by atoms with Crippen LogP contribution in [0.15, 0.2) is 30.3 Å². The van der Waals surface area contributed by atoms with Crippen LogP contribution in [0.25, 0.3) is 6.08 Å². The van der Waals surface area contributed by atoms with Gasteiger partial charge in [-0.25, -0.2) is 9.59 Å². The first-order chi connectivity index (χ1) is 9.61. The van der Waals surface area contributed by atoms with Crippen molar-refractivity contribution >= 4 is 23.8 Å². The number of carboxylic acid groups (broad SMARTS) is 1. The highest BCUT2D eigenvalue weighted by Crippen LogP contribution is 2.11. The summed E-state index contributed by atoms with van der Waals surface area (Å²) in [5.74, 6) is -1.01. The SMILES string of the molecule is COCCCNC(=O)Nc1cccc(/C=C/C(=O)O)c1. The predicted octanol–water partition coefficient (Wildman–Crippen LogP) is 1.94. The second-order valence-electron chi connectivity index (χ2n) is 4.02. The summed E-state index contributed by atoms with van der Waals surface area (Å²) in [6, 6.07) is 6.60. The number of methoxy groups -OCH3 is 1. The second kappa shape index (κ2) is 8.71. The maximum Gasteiger partial charge on any atom is 0.328 e. The lowest BCUT2D eigenvalue weighted by atomic mass is 10.2. The van der Waals surface area contributed by atoms with Crippen molar-refractivity contribution in [1.82, 2.24) is 5.32 Å². The number of ether oxygens (including phenoxy) is 1. The van der Waals surface area contributed by atoms with E-state index in [1.165, 1.54) is 6.08 Å². The van der Waals surface area contributed by atoms with Crippen molar-refractivity contribution in [3.8, 4) is 0 Å². The Morgan fingerprint density at radius 2 is 2.20 bits per heavy atom. The van der Waals surface area contributed by atoms with Crippen LogP contribution >= 0.6 is 0 Å². The molecular weight excluding hydrogens is 260 g/mol. The van der Waals surface area contributed by atoms with Crippen LogP contribution in [0.2, 0.25) is 0 Å². The third-order valence-electron chi connectivity index (χ3n) is 2.37. The Kier molecular flexibility index (Phi) is 6.84. The van der Waals surface area contributed by atoms with Crippen molar-refractivity contribution in [2.24, 2.45) is 0 Å². The number of hydrogen-bond acceptors (Lipinski definition) is 3. The number of benzene rings is 1. The summed E-state index contributed by atoms with van der Waals surface area (Å²) < 4.78 is 4.88. The van der Waals surface area contributed by atoms with Gasteiger partial charge in [-0.2, -0.15) is 0 Å². The minimum absolute atomic E-state index is 0.305. The van der Waals surface area contributed by atoms with Crippen molar-refractivity contribution < 1.29 is 19.4 Å². The summed E-state index contributed by atoms with van der Waals surface area (Å²) in [7, 11) is 1.61. The summed E-state index contributed by atoms with van der Waals surface area (Å²) in [4.78, 5) is 22.0. The third kappa shape index (κ3) is 6.55. The number of amides is 2. The van der Waals surface area contributed by atoms with E-state index in [1.807, 2.05) is 0 Å². The van der Waals surface area contributed by atoms with E-state index in [9.17, 15) is 9.59 Å². The number of anilines is 1. The summed E-state index contributed by atoms with van der Waals surface area (Å²) in [5.41, 5.74) is 1.30. The number of hydrogen-bond donors (Lipinski definition) is 3. The third-order valence-corrected chi connectivity index (χ3v) is 2.37. The standard InChI is InChI=1S/C14H18N2O4/c1-20-9-3-8-15-14(19)16-12-5-2-4-11(10-12)6-7-13(17)18/h2,4-7,10H,3,8-9H2,1H3,(H,17,18)(H2,15,16,19)/b7-6+. The minimum Gasteiger partial charge on any atom is -0.478 e. The molecular formula is C14H18N2O4. The quantitative estimate of drug-likeness (QED) is 0.525. The molecule has 6 nitrogen and oxygen atoms in total. The van der Waals surface area contributed by atoms with Crippen molar-refractivity contribution in [1.29, 1.82) is 0 Å². The van der Waals surface area contributed by atoms with Gasteiger partial charge in [-0.05, 0) is 30.2 Å². The molecule has 0 bridgehead atoms. The normalized spacial score (nSPS) is 10.4. The molecule has 3 N–H and O–H groups in total. The van der Waals surface area contributed by atoms with E-state index >= 15 is 0 Å². The van der Waals surface area contributed by atoms with Gasteiger partial charge in [0.1, 0.15) is 0 Å². The highest BCUT2D eigenvalue weighted by molar-refractivity contribution is 5.90. The van der Waals surface area contributed by atoms with Crippen LogP contribution in [-0.4, -0.2) is 37.4 Å².